The fraction of sp³-hybridized carbons (Fsp3) is 0.706. The van der Waals surface area contributed by atoms with Crippen molar-refractivity contribution in [2.45, 2.75) is 52.4 Å². The van der Waals surface area contributed by atoms with Crippen LogP contribution in [0.2, 0.25) is 0 Å². The Kier molecular flexibility index (Phi) is 2.88. The quantitative estimate of drug-likeness (QED) is 0.768. The first-order valence-electron chi connectivity index (χ1n) is 7.58. The number of rotatable bonds is 1. The Morgan fingerprint density at radius 2 is 2.16 bits per heavy atom. The maximum Gasteiger partial charge on any atom is 0.309 e. The lowest BCUT2D eigenvalue weighted by atomic mass is 9.47. The van der Waals surface area contributed by atoms with Gasteiger partial charge < -0.3 is 5.11 Å². The van der Waals surface area contributed by atoms with E-state index in [9.17, 15) is 9.90 Å². The smallest absolute Gasteiger partial charge is 0.309 e. The Bertz CT molecular complexity index is 462. The third kappa shape index (κ3) is 1.72. The Hall–Kier alpha value is -1.05. The van der Waals surface area contributed by atoms with Crippen molar-refractivity contribution in [2.75, 3.05) is 0 Å². The summed E-state index contributed by atoms with van der Waals surface area (Å²) in [6.07, 6.45) is 13.2. The first-order chi connectivity index (χ1) is 8.98. The number of carboxylic acids is 1. The minimum atomic E-state index is -0.591. The van der Waals surface area contributed by atoms with Crippen LogP contribution in [0.25, 0.3) is 0 Å². The van der Waals surface area contributed by atoms with E-state index in [4.69, 9.17) is 0 Å². The fourth-order valence-electron chi connectivity index (χ4n) is 5.05. The van der Waals surface area contributed by atoms with Crippen molar-refractivity contribution in [3.05, 3.63) is 23.8 Å². The van der Waals surface area contributed by atoms with Gasteiger partial charge in [0.15, 0.2) is 0 Å². The molecule has 3 aliphatic rings. The minimum Gasteiger partial charge on any atom is -0.481 e. The highest BCUT2D eigenvalue weighted by Crippen LogP contribution is 2.61. The molecular weight excluding hydrogens is 236 g/mol. The topological polar surface area (TPSA) is 37.3 Å². The van der Waals surface area contributed by atoms with Crippen LogP contribution in [0.3, 0.4) is 0 Å². The zero-order chi connectivity index (χ0) is 13.7. The molecule has 3 rings (SSSR count). The summed E-state index contributed by atoms with van der Waals surface area (Å²) in [6, 6.07) is 0. The Morgan fingerprint density at radius 3 is 2.89 bits per heavy atom. The number of fused-ring (bicyclic) bond motifs is 3. The summed E-state index contributed by atoms with van der Waals surface area (Å²) in [7, 11) is 0. The molecule has 19 heavy (non-hydrogen) atoms. The molecule has 0 aliphatic heterocycles. The van der Waals surface area contributed by atoms with Crippen molar-refractivity contribution in [2.24, 2.45) is 22.7 Å². The van der Waals surface area contributed by atoms with E-state index in [1.54, 1.807) is 0 Å². The van der Waals surface area contributed by atoms with E-state index in [1.165, 1.54) is 18.4 Å². The molecule has 0 aromatic heterocycles. The largest absolute Gasteiger partial charge is 0.481 e. The molecule has 0 bridgehead atoms. The number of carbonyl (C=O) groups is 1. The maximum atomic E-state index is 11.8. The van der Waals surface area contributed by atoms with E-state index < -0.39 is 11.4 Å². The standard InChI is InChI=1S/C17H24O2/c1-16-10-5-11-17(2,15(18)19)14(16)9-8-12-6-3-4-7-13(12)16/h3,6,8,13-14H,4-5,7,9-11H2,1-2H3,(H,18,19). The summed E-state index contributed by atoms with van der Waals surface area (Å²) >= 11 is 0. The van der Waals surface area contributed by atoms with Gasteiger partial charge in [0.2, 0.25) is 0 Å². The Labute approximate surface area is 115 Å². The zero-order valence-electron chi connectivity index (χ0n) is 12.0. The van der Waals surface area contributed by atoms with Crippen molar-refractivity contribution in [3.63, 3.8) is 0 Å². The van der Waals surface area contributed by atoms with Gasteiger partial charge in [-0.2, -0.15) is 0 Å². The molecule has 2 heteroatoms. The lowest BCUT2D eigenvalue weighted by Crippen LogP contribution is -2.52. The van der Waals surface area contributed by atoms with Crippen LogP contribution in [-0.4, -0.2) is 11.1 Å². The van der Waals surface area contributed by atoms with Crippen LogP contribution in [-0.2, 0) is 4.79 Å². The van der Waals surface area contributed by atoms with Gasteiger partial charge in [-0.3, -0.25) is 4.79 Å². The predicted molar refractivity (Wildman–Crippen MR) is 75.8 cm³/mol. The van der Waals surface area contributed by atoms with Gasteiger partial charge in [0.05, 0.1) is 5.41 Å². The van der Waals surface area contributed by atoms with Crippen molar-refractivity contribution in [3.8, 4) is 0 Å². The maximum absolute atomic E-state index is 11.8. The van der Waals surface area contributed by atoms with Gasteiger partial charge in [0.1, 0.15) is 0 Å². The van der Waals surface area contributed by atoms with Gasteiger partial charge in [-0.15, -0.1) is 0 Å². The molecule has 0 aromatic carbocycles. The van der Waals surface area contributed by atoms with Crippen LogP contribution >= 0.6 is 0 Å². The van der Waals surface area contributed by atoms with E-state index in [0.717, 1.165) is 25.7 Å². The van der Waals surface area contributed by atoms with E-state index in [-0.39, 0.29) is 5.41 Å². The highest BCUT2D eigenvalue weighted by molar-refractivity contribution is 5.75. The molecule has 4 atom stereocenters. The molecule has 0 heterocycles. The highest BCUT2D eigenvalue weighted by Gasteiger charge is 2.56. The number of hydrogen-bond donors (Lipinski definition) is 1. The number of allylic oxidation sites excluding steroid dienone is 4. The van der Waals surface area contributed by atoms with E-state index in [1.807, 2.05) is 6.92 Å². The second-order valence-corrected chi connectivity index (χ2v) is 7.11. The van der Waals surface area contributed by atoms with Crippen LogP contribution in [0, 0.1) is 22.7 Å². The van der Waals surface area contributed by atoms with E-state index in [0.29, 0.717) is 11.8 Å². The number of hydrogen-bond acceptors (Lipinski definition) is 1. The first kappa shape index (κ1) is 13.0. The fourth-order valence-corrected chi connectivity index (χ4v) is 5.05. The summed E-state index contributed by atoms with van der Waals surface area (Å²) in [5.41, 5.74) is 1.12. The molecule has 0 saturated heterocycles. The lowest BCUT2D eigenvalue weighted by Gasteiger charge is -2.56. The second-order valence-electron chi connectivity index (χ2n) is 7.11. The lowest BCUT2D eigenvalue weighted by molar-refractivity contribution is -0.162. The molecule has 1 N–H and O–H groups in total. The van der Waals surface area contributed by atoms with Gasteiger partial charge in [-0.25, -0.2) is 0 Å². The predicted octanol–water partition coefficient (Wildman–Crippen LogP) is 4.18. The first-order valence-corrected chi connectivity index (χ1v) is 7.58. The van der Waals surface area contributed by atoms with Gasteiger partial charge in [0.25, 0.3) is 0 Å². The summed E-state index contributed by atoms with van der Waals surface area (Å²) in [5, 5.41) is 9.71. The number of aliphatic carboxylic acids is 1. The van der Waals surface area contributed by atoms with Crippen molar-refractivity contribution in [1.29, 1.82) is 0 Å². The van der Waals surface area contributed by atoms with Crippen molar-refractivity contribution >= 4 is 5.97 Å². The third-order valence-electron chi connectivity index (χ3n) is 6.19. The molecular formula is C17H24O2. The summed E-state index contributed by atoms with van der Waals surface area (Å²) in [4.78, 5) is 11.8. The molecule has 0 aromatic rings. The molecule has 4 unspecified atom stereocenters. The van der Waals surface area contributed by atoms with Crippen molar-refractivity contribution < 1.29 is 9.90 Å². The molecule has 1 fully saturated rings. The zero-order valence-corrected chi connectivity index (χ0v) is 12.0. The summed E-state index contributed by atoms with van der Waals surface area (Å²) < 4.78 is 0. The Morgan fingerprint density at radius 1 is 1.37 bits per heavy atom. The monoisotopic (exact) mass is 260 g/mol. The summed E-state index contributed by atoms with van der Waals surface area (Å²) in [5.74, 6) is 0.286. The number of carboxylic acid groups (broad SMARTS) is 1. The molecule has 0 radical (unpaired) electrons. The third-order valence-corrected chi connectivity index (χ3v) is 6.19. The van der Waals surface area contributed by atoms with E-state index >= 15 is 0 Å². The van der Waals surface area contributed by atoms with Crippen LogP contribution in [0.5, 0.6) is 0 Å². The van der Waals surface area contributed by atoms with Gasteiger partial charge in [-0.05, 0) is 61.9 Å². The molecule has 1 saturated carbocycles. The van der Waals surface area contributed by atoms with E-state index in [2.05, 4.69) is 25.2 Å². The van der Waals surface area contributed by atoms with Gasteiger partial charge >= 0.3 is 5.97 Å². The minimum absolute atomic E-state index is 0.181. The average Bonchev–Trinajstić information content (AvgIpc) is 2.38. The molecule has 0 amide bonds. The molecule has 0 spiro atoms. The van der Waals surface area contributed by atoms with Gasteiger partial charge in [-0.1, -0.05) is 31.6 Å². The second kappa shape index (κ2) is 4.22. The van der Waals surface area contributed by atoms with Gasteiger partial charge in [0, 0.05) is 0 Å². The van der Waals surface area contributed by atoms with Crippen molar-refractivity contribution in [1.82, 2.24) is 0 Å². The summed E-state index contributed by atoms with van der Waals surface area (Å²) in [6.45, 7) is 4.34. The van der Waals surface area contributed by atoms with Crippen LogP contribution < -0.4 is 0 Å². The highest BCUT2D eigenvalue weighted by atomic mass is 16.4. The normalized spacial score (nSPS) is 45.1. The van der Waals surface area contributed by atoms with Crippen LogP contribution in [0.1, 0.15) is 52.4 Å². The Balaban J connectivity index is 2.04. The van der Waals surface area contributed by atoms with Crippen LogP contribution in [0.4, 0.5) is 0 Å². The average molecular weight is 260 g/mol. The molecule has 3 aliphatic carbocycles. The molecule has 104 valence electrons. The van der Waals surface area contributed by atoms with Crippen LogP contribution in [0.15, 0.2) is 23.8 Å². The SMILES string of the molecule is CC1(C(=O)O)CCCC2(C)C3CCC=CC3=CCC12. The molecule has 2 nitrogen and oxygen atoms in total.